The molecule has 0 atom stereocenters. The van der Waals surface area contributed by atoms with Crippen LogP contribution in [0.1, 0.15) is 18.1 Å². The quantitative estimate of drug-likeness (QED) is 0.745. The molecule has 0 saturated heterocycles. The normalized spacial score (nSPS) is 13.0. The van der Waals surface area contributed by atoms with Gasteiger partial charge in [-0.15, -0.1) is 0 Å². The highest BCUT2D eigenvalue weighted by Gasteiger charge is 2.18. The van der Waals surface area contributed by atoms with E-state index >= 15 is 0 Å². The van der Waals surface area contributed by atoms with Gasteiger partial charge < -0.3 is 0 Å². The molecule has 3 heteroatoms. The minimum atomic E-state index is 0.00521. The van der Waals surface area contributed by atoms with Crippen LogP contribution in [0.25, 0.3) is 11.3 Å². The highest BCUT2D eigenvalue weighted by atomic mass is 16.1. The van der Waals surface area contributed by atoms with E-state index in [2.05, 4.69) is 23.3 Å². The molecule has 1 aromatic carbocycles. The second-order valence-electron chi connectivity index (χ2n) is 4.33. The molecular weight excluding hydrogens is 212 g/mol. The van der Waals surface area contributed by atoms with Crippen LogP contribution in [-0.2, 0) is 19.4 Å². The summed E-state index contributed by atoms with van der Waals surface area (Å²) in [6.07, 6.45) is 1.92. The monoisotopic (exact) mass is 226 g/mol. The van der Waals surface area contributed by atoms with E-state index < -0.39 is 0 Å². The average molecular weight is 226 g/mol. The summed E-state index contributed by atoms with van der Waals surface area (Å²) in [5, 5.41) is 4.48. The third-order valence-electron chi connectivity index (χ3n) is 3.31. The Kier molecular flexibility index (Phi) is 2.32. The maximum atomic E-state index is 11.7. The van der Waals surface area contributed by atoms with Gasteiger partial charge in [0.05, 0.1) is 5.69 Å². The van der Waals surface area contributed by atoms with Gasteiger partial charge in [-0.25, -0.2) is 4.68 Å². The molecule has 0 fully saturated rings. The third kappa shape index (κ3) is 1.58. The predicted molar refractivity (Wildman–Crippen MR) is 67.0 cm³/mol. The van der Waals surface area contributed by atoms with Crippen molar-refractivity contribution in [1.82, 2.24) is 9.78 Å². The van der Waals surface area contributed by atoms with Crippen molar-refractivity contribution < 1.29 is 0 Å². The number of hydrogen-bond acceptors (Lipinski definition) is 2. The molecule has 1 aliphatic rings. The summed E-state index contributed by atoms with van der Waals surface area (Å²) in [6.45, 7) is 2.56. The molecule has 1 heterocycles. The standard InChI is InChI=1S/C14H14N2O/c1-2-16-13(17)9-11-8-7-10-5-3-4-6-12(10)14(11)15-16/h3-6,9H,2,7-8H2,1H3. The lowest BCUT2D eigenvalue weighted by Gasteiger charge is -2.19. The molecule has 86 valence electrons. The van der Waals surface area contributed by atoms with Crippen molar-refractivity contribution >= 4 is 0 Å². The lowest BCUT2D eigenvalue weighted by atomic mass is 9.90. The van der Waals surface area contributed by atoms with Crippen molar-refractivity contribution in [2.75, 3.05) is 0 Å². The SMILES string of the molecule is CCn1nc2c(cc1=O)CCc1ccccc1-2. The average Bonchev–Trinajstić information content (AvgIpc) is 2.37. The summed E-state index contributed by atoms with van der Waals surface area (Å²) >= 11 is 0. The van der Waals surface area contributed by atoms with Gasteiger partial charge in [0.1, 0.15) is 0 Å². The molecule has 2 aromatic rings. The van der Waals surface area contributed by atoms with Crippen LogP contribution in [0.3, 0.4) is 0 Å². The number of hydrogen-bond donors (Lipinski definition) is 0. The van der Waals surface area contributed by atoms with Crippen molar-refractivity contribution in [3.8, 4) is 11.3 Å². The largest absolute Gasteiger partial charge is 0.268 e. The molecule has 0 bridgehead atoms. The number of aryl methyl sites for hydroxylation is 3. The second kappa shape index (κ2) is 3.84. The molecule has 0 amide bonds. The minimum absolute atomic E-state index is 0.00521. The Morgan fingerprint density at radius 1 is 1.24 bits per heavy atom. The van der Waals surface area contributed by atoms with Gasteiger partial charge >= 0.3 is 0 Å². The summed E-state index contributed by atoms with van der Waals surface area (Å²) in [6, 6.07) is 10.0. The summed E-state index contributed by atoms with van der Waals surface area (Å²) in [7, 11) is 0. The summed E-state index contributed by atoms with van der Waals surface area (Å²) in [5.41, 5.74) is 4.57. The van der Waals surface area contributed by atoms with Crippen molar-refractivity contribution in [3.63, 3.8) is 0 Å². The van der Waals surface area contributed by atoms with E-state index in [1.165, 1.54) is 15.8 Å². The van der Waals surface area contributed by atoms with Gasteiger partial charge in [0.2, 0.25) is 0 Å². The molecule has 1 aliphatic carbocycles. The molecule has 0 spiro atoms. The predicted octanol–water partition coefficient (Wildman–Crippen LogP) is 2.03. The number of aromatic nitrogens is 2. The fourth-order valence-electron chi connectivity index (χ4n) is 2.41. The number of rotatable bonds is 1. The summed E-state index contributed by atoms with van der Waals surface area (Å²) in [4.78, 5) is 11.7. The van der Waals surface area contributed by atoms with Crippen LogP contribution in [0.15, 0.2) is 35.1 Å². The van der Waals surface area contributed by atoms with Gasteiger partial charge in [0.15, 0.2) is 0 Å². The molecule has 0 aliphatic heterocycles. The van der Waals surface area contributed by atoms with Crippen LogP contribution in [0.4, 0.5) is 0 Å². The van der Waals surface area contributed by atoms with Gasteiger partial charge in [-0.3, -0.25) is 4.79 Å². The second-order valence-corrected chi connectivity index (χ2v) is 4.33. The van der Waals surface area contributed by atoms with E-state index in [0.717, 1.165) is 24.1 Å². The first-order chi connectivity index (χ1) is 8.29. The lowest BCUT2D eigenvalue weighted by molar-refractivity contribution is 0.612. The molecule has 0 N–H and O–H groups in total. The molecule has 0 unspecified atom stereocenters. The summed E-state index contributed by atoms with van der Waals surface area (Å²) < 4.78 is 1.53. The van der Waals surface area contributed by atoms with Crippen LogP contribution >= 0.6 is 0 Å². The molecule has 0 radical (unpaired) electrons. The third-order valence-corrected chi connectivity index (χ3v) is 3.31. The number of nitrogens with zero attached hydrogens (tertiary/aromatic N) is 2. The maximum absolute atomic E-state index is 11.7. The van der Waals surface area contributed by atoms with Gasteiger partial charge in [-0.05, 0) is 30.9 Å². The highest BCUT2D eigenvalue weighted by molar-refractivity contribution is 5.68. The van der Waals surface area contributed by atoms with Crippen molar-refractivity contribution in [1.29, 1.82) is 0 Å². The molecule has 1 aromatic heterocycles. The smallest absolute Gasteiger partial charge is 0.267 e. The Hall–Kier alpha value is -1.90. The van der Waals surface area contributed by atoms with Crippen LogP contribution in [-0.4, -0.2) is 9.78 Å². The maximum Gasteiger partial charge on any atom is 0.267 e. The van der Waals surface area contributed by atoms with Crippen LogP contribution < -0.4 is 5.56 Å². The molecular formula is C14H14N2O. The zero-order chi connectivity index (χ0) is 11.8. The zero-order valence-electron chi connectivity index (χ0n) is 9.81. The van der Waals surface area contributed by atoms with Crippen molar-refractivity contribution in [3.05, 3.63) is 51.8 Å². The fourth-order valence-corrected chi connectivity index (χ4v) is 2.41. The zero-order valence-corrected chi connectivity index (χ0v) is 9.81. The topological polar surface area (TPSA) is 34.9 Å². The number of benzene rings is 1. The van der Waals surface area contributed by atoms with Crippen LogP contribution in [0, 0.1) is 0 Å². The van der Waals surface area contributed by atoms with E-state index in [0.29, 0.717) is 6.54 Å². The Morgan fingerprint density at radius 2 is 2.00 bits per heavy atom. The van der Waals surface area contributed by atoms with Crippen LogP contribution in [0.2, 0.25) is 0 Å². The first-order valence-corrected chi connectivity index (χ1v) is 5.99. The lowest BCUT2D eigenvalue weighted by Crippen LogP contribution is -2.24. The Balaban J connectivity index is 2.28. The first-order valence-electron chi connectivity index (χ1n) is 5.99. The minimum Gasteiger partial charge on any atom is -0.268 e. The molecule has 17 heavy (non-hydrogen) atoms. The molecule has 3 rings (SSSR count). The molecule has 3 nitrogen and oxygen atoms in total. The number of fused-ring (bicyclic) bond motifs is 3. The van der Waals surface area contributed by atoms with E-state index in [1.54, 1.807) is 6.07 Å². The van der Waals surface area contributed by atoms with E-state index in [9.17, 15) is 4.79 Å². The fraction of sp³-hybridized carbons (Fsp3) is 0.286. The van der Waals surface area contributed by atoms with E-state index in [1.807, 2.05) is 13.0 Å². The van der Waals surface area contributed by atoms with Crippen LogP contribution in [0.5, 0.6) is 0 Å². The van der Waals surface area contributed by atoms with Gasteiger partial charge in [-0.1, -0.05) is 24.3 Å². The van der Waals surface area contributed by atoms with Gasteiger partial charge in [0.25, 0.3) is 5.56 Å². The van der Waals surface area contributed by atoms with E-state index in [-0.39, 0.29) is 5.56 Å². The molecule has 0 saturated carbocycles. The highest BCUT2D eigenvalue weighted by Crippen LogP contribution is 2.30. The Labute approximate surface area is 99.7 Å². The van der Waals surface area contributed by atoms with E-state index in [4.69, 9.17) is 0 Å². The summed E-state index contributed by atoms with van der Waals surface area (Å²) in [5.74, 6) is 0. The first kappa shape index (κ1) is 10.3. The Bertz CT molecular complexity index is 628. The van der Waals surface area contributed by atoms with Gasteiger partial charge in [-0.2, -0.15) is 5.10 Å². The van der Waals surface area contributed by atoms with Crippen molar-refractivity contribution in [2.24, 2.45) is 0 Å². The Morgan fingerprint density at radius 3 is 2.82 bits per heavy atom. The van der Waals surface area contributed by atoms with Crippen molar-refractivity contribution in [2.45, 2.75) is 26.3 Å². The van der Waals surface area contributed by atoms with Gasteiger partial charge in [0, 0.05) is 18.2 Å².